The number of carbonyl (C=O) groups excluding carboxylic acids is 1. The predicted octanol–water partition coefficient (Wildman–Crippen LogP) is 9.15. The number of hydrogen-bond donors (Lipinski definition) is 0. The number of ether oxygens (including phenoxy) is 1. The molecule has 0 heterocycles. The highest BCUT2D eigenvalue weighted by molar-refractivity contribution is 5.69. The molecule has 0 radical (unpaired) electrons. The van der Waals surface area contributed by atoms with Crippen LogP contribution < -0.4 is 0 Å². The minimum absolute atomic E-state index is 0.0773. The lowest BCUT2D eigenvalue weighted by Crippen LogP contribution is -2.38. The van der Waals surface area contributed by atoms with Crippen LogP contribution in [0.2, 0.25) is 0 Å². The van der Waals surface area contributed by atoms with Crippen LogP contribution in [-0.2, 0) is 9.53 Å². The van der Waals surface area contributed by atoms with Crippen LogP contribution in [0.15, 0.2) is 0 Å². The molecule has 3 fully saturated rings. The van der Waals surface area contributed by atoms with Crippen molar-refractivity contribution in [3.63, 3.8) is 0 Å². The number of hydrogen-bond acceptors (Lipinski definition) is 2. The van der Waals surface area contributed by atoms with Gasteiger partial charge in [0.15, 0.2) is 0 Å². The fraction of sp³-hybridized carbons (Fsp3) is 0.964. The molecule has 2 heteroatoms. The van der Waals surface area contributed by atoms with Gasteiger partial charge in [0.25, 0.3) is 0 Å². The third-order valence-electron chi connectivity index (χ3n) is 7.75. The third-order valence-corrected chi connectivity index (χ3v) is 7.75. The molecule has 0 saturated heterocycles. The van der Waals surface area contributed by atoms with Crippen LogP contribution in [0, 0.1) is 11.8 Å². The molecule has 176 valence electrons. The van der Waals surface area contributed by atoms with Gasteiger partial charge >= 0.3 is 5.97 Å². The molecule has 2 nitrogen and oxygen atoms in total. The van der Waals surface area contributed by atoms with Crippen LogP contribution in [0.4, 0.5) is 0 Å². The van der Waals surface area contributed by atoms with Gasteiger partial charge in [0.2, 0.25) is 0 Å². The van der Waals surface area contributed by atoms with E-state index in [1.807, 2.05) is 0 Å². The van der Waals surface area contributed by atoms with Crippen LogP contribution in [0.5, 0.6) is 0 Å². The Morgan fingerprint density at radius 2 is 1.07 bits per heavy atom. The van der Waals surface area contributed by atoms with Crippen molar-refractivity contribution in [2.24, 2.45) is 11.8 Å². The van der Waals surface area contributed by atoms with E-state index in [1.165, 1.54) is 128 Å². The quantitative estimate of drug-likeness (QED) is 0.154. The lowest BCUT2D eigenvalue weighted by atomic mass is 9.69. The number of unbranched alkanes of at least 4 members (excludes halogenated alkanes) is 16. The van der Waals surface area contributed by atoms with Crippen LogP contribution >= 0.6 is 0 Å². The first-order valence-electron chi connectivity index (χ1n) is 14.0. The first-order valence-corrected chi connectivity index (χ1v) is 14.0. The summed E-state index contributed by atoms with van der Waals surface area (Å²) in [5, 5.41) is 0. The zero-order valence-corrected chi connectivity index (χ0v) is 20.3. The Labute approximate surface area is 188 Å². The Morgan fingerprint density at radius 1 is 0.633 bits per heavy atom. The summed E-state index contributed by atoms with van der Waals surface area (Å²) in [6.07, 6.45) is 30.8. The van der Waals surface area contributed by atoms with Crippen LogP contribution in [0.1, 0.15) is 155 Å². The van der Waals surface area contributed by atoms with E-state index in [2.05, 4.69) is 6.92 Å². The van der Waals surface area contributed by atoms with Crippen LogP contribution in [0.25, 0.3) is 0 Å². The Morgan fingerprint density at radius 3 is 1.47 bits per heavy atom. The average Bonchev–Trinajstić information content (AvgIpc) is 2.76. The summed E-state index contributed by atoms with van der Waals surface area (Å²) in [6.45, 7) is 2.29. The van der Waals surface area contributed by atoms with E-state index in [0.29, 0.717) is 12.3 Å². The Bertz CT molecular complexity index is 411. The molecule has 30 heavy (non-hydrogen) atoms. The highest BCUT2D eigenvalue weighted by Gasteiger charge is 2.37. The average molecular weight is 421 g/mol. The van der Waals surface area contributed by atoms with E-state index < -0.39 is 0 Å². The second-order valence-corrected chi connectivity index (χ2v) is 10.5. The fourth-order valence-corrected chi connectivity index (χ4v) is 5.68. The topological polar surface area (TPSA) is 26.3 Å². The molecule has 3 aliphatic rings. The van der Waals surface area contributed by atoms with Gasteiger partial charge in [-0.25, -0.2) is 0 Å². The molecule has 2 bridgehead atoms. The standard InChI is InChI=1S/C28H52O2/c1-2-3-4-5-6-7-8-9-10-11-12-13-14-15-16-17-18-19-28(29)30-27-24-25-20-22-26(27)23-21-25/h25-27H,2-24H2,1H3. The summed E-state index contributed by atoms with van der Waals surface area (Å²) in [4.78, 5) is 12.1. The number of rotatable bonds is 19. The Hall–Kier alpha value is -0.530. The summed E-state index contributed by atoms with van der Waals surface area (Å²) in [6, 6.07) is 0. The molecule has 0 aliphatic heterocycles. The van der Waals surface area contributed by atoms with Gasteiger partial charge in [0.1, 0.15) is 6.10 Å². The monoisotopic (exact) mass is 420 g/mol. The smallest absolute Gasteiger partial charge is 0.306 e. The zero-order chi connectivity index (χ0) is 21.3. The van der Waals surface area contributed by atoms with Crippen molar-refractivity contribution in [3.05, 3.63) is 0 Å². The van der Waals surface area contributed by atoms with Gasteiger partial charge in [0.05, 0.1) is 0 Å². The summed E-state index contributed by atoms with van der Waals surface area (Å²) in [7, 11) is 0. The molecule has 0 aromatic rings. The van der Waals surface area contributed by atoms with Gasteiger partial charge in [-0.15, -0.1) is 0 Å². The van der Waals surface area contributed by atoms with Crippen LogP contribution in [0.3, 0.4) is 0 Å². The van der Waals surface area contributed by atoms with Crippen molar-refractivity contribution in [3.8, 4) is 0 Å². The van der Waals surface area contributed by atoms with Crippen molar-refractivity contribution in [1.29, 1.82) is 0 Å². The Kier molecular flexibility index (Phi) is 14.6. The fourth-order valence-electron chi connectivity index (χ4n) is 5.68. The predicted molar refractivity (Wildman–Crippen MR) is 129 cm³/mol. The SMILES string of the molecule is CCCCCCCCCCCCCCCCCCCC(=O)OC1CC2CCC1CC2. The lowest BCUT2D eigenvalue weighted by Gasteiger charge is -2.41. The molecule has 0 aromatic heterocycles. The third kappa shape index (κ3) is 11.8. The molecule has 0 aromatic carbocycles. The van der Waals surface area contributed by atoms with Crippen LogP contribution in [-0.4, -0.2) is 12.1 Å². The Balaban J connectivity index is 1.27. The van der Waals surface area contributed by atoms with E-state index in [9.17, 15) is 4.79 Å². The molecule has 1 atom stereocenters. The van der Waals surface area contributed by atoms with Crippen molar-refractivity contribution in [2.75, 3.05) is 0 Å². The number of fused-ring (bicyclic) bond motifs is 3. The highest BCUT2D eigenvalue weighted by atomic mass is 16.5. The molecular formula is C28H52O2. The van der Waals surface area contributed by atoms with Gasteiger partial charge in [-0.2, -0.15) is 0 Å². The highest BCUT2D eigenvalue weighted by Crippen LogP contribution is 2.42. The van der Waals surface area contributed by atoms with Crippen molar-refractivity contribution in [2.45, 2.75) is 161 Å². The van der Waals surface area contributed by atoms with E-state index in [1.54, 1.807) is 0 Å². The van der Waals surface area contributed by atoms with Gasteiger partial charge in [-0.1, -0.05) is 110 Å². The maximum absolute atomic E-state index is 12.1. The molecule has 1 unspecified atom stereocenters. The van der Waals surface area contributed by atoms with Crippen molar-refractivity contribution < 1.29 is 9.53 Å². The first kappa shape index (κ1) is 25.7. The molecule has 0 spiro atoms. The zero-order valence-electron chi connectivity index (χ0n) is 20.3. The summed E-state index contributed by atoms with van der Waals surface area (Å²) in [5.74, 6) is 1.59. The van der Waals surface area contributed by atoms with Gasteiger partial charge in [-0.05, 0) is 50.4 Å². The maximum atomic E-state index is 12.1. The molecule has 3 rings (SSSR count). The number of carbonyl (C=O) groups is 1. The first-order chi connectivity index (χ1) is 14.8. The second kappa shape index (κ2) is 17.1. The van der Waals surface area contributed by atoms with Crippen molar-refractivity contribution in [1.82, 2.24) is 0 Å². The van der Waals surface area contributed by atoms with E-state index in [-0.39, 0.29) is 12.1 Å². The normalized spacial score (nSPS) is 23.0. The van der Waals surface area contributed by atoms with E-state index in [0.717, 1.165) is 18.8 Å². The second-order valence-electron chi connectivity index (χ2n) is 10.5. The lowest BCUT2D eigenvalue weighted by molar-refractivity contribution is -0.157. The maximum Gasteiger partial charge on any atom is 0.306 e. The molecule has 0 amide bonds. The summed E-state index contributed by atoms with van der Waals surface area (Å²) in [5.41, 5.74) is 0. The van der Waals surface area contributed by atoms with Gasteiger partial charge in [0, 0.05) is 6.42 Å². The summed E-state index contributed by atoms with van der Waals surface area (Å²) < 4.78 is 5.82. The molecule has 3 aliphatic carbocycles. The van der Waals surface area contributed by atoms with E-state index >= 15 is 0 Å². The number of esters is 1. The minimum atomic E-state index is 0.0773. The summed E-state index contributed by atoms with van der Waals surface area (Å²) >= 11 is 0. The largest absolute Gasteiger partial charge is 0.462 e. The van der Waals surface area contributed by atoms with Crippen molar-refractivity contribution >= 4 is 5.97 Å². The van der Waals surface area contributed by atoms with Gasteiger partial charge in [-0.3, -0.25) is 4.79 Å². The molecular weight excluding hydrogens is 368 g/mol. The molecule has 0 N–H and O–H groups in total. The minimum Gasteiger partial charge on any atom is -0.462 e. The molecule has 3 saturated carbocycles. The van der Waals surface area contributed by atoms with Gasteiger partial charge < -0.3 is 4.74 Å². The van der Waals surface area contributed by atoms with E-state index in [4.69, 9.17) is 4.74 Å².